The molecule has 0 aliphatic rings. The van der Waals surface area contributed by atoms with Gasteiger partial charge in [-0.3, -0.25) is 4.79 Å². The van der Waals surface area contributed by atoms with Crippen molar-refractivity contribution in [2.45, 2.75) is 52.4 Å². The third kappa shape index (κ3) is 6.29. The first kappa shape index (κ1) is 18.2. The van der Waals surface area contributed by atoms with E-state index in [0.717, 1.165) is 19.4 Å². The number of hydrogen-bond donors (Lipinski definition) is 2. The number of benzene rings is 1. The zero-order valence-electron chi connectivity index (χ0n) is 13.6. The van der Waals surface area contributed by atoms with Crippen molar-refractivity contribution in [1.29, 1.82) is 0 Å². The average molecular weight is 305 g/mol. The van der Waals surface area contributed by atoms with Crippen LogP contribution < -0.4 is 5.32 Å². The first-order chi connectivity index (χ1) is 10.6. The van der Waals surface area contributed by atoms with E-state index in [1.165, 1.54) is 12.8 Å². The summed E-state index contributed by atoms with van der Waals surface area (Å²) in [6.07, 6.45) is 5.38. The maximum atomic E-state index is 11.9. The molecule has 0 radical (unpaired) electrons. The van der Waals surface area contributed by atoms with Gasteiger partial charge in [-0.2, -0.15) is 0 Å². The Kier molecular flexibility index (Phi) is 8.26. The number of rotatable bonds is 10. The first-order valence-electron chi connectivity index (χ1n) is 8.16. The van der Waals surface area contributed by atoms with Crippen LogP contribution in [0.15, 0.2) is 24.3 Å². The minimum atomic E-state index is -0.943. The summed E-state index contributed by atoms with van der Waals surface area (Å²) in [7, 11) is 0. The van der Waals surface area contributed by atoms with E-state index in [-0.39, 0.29) is 11.5 Å². The second-order valence-corrected chi connectivity index (χ2v) is 5.68. The lowest BCUT2D eigenvalue weighted by Crippen LogP contribution is -2.29. The van der Waals surface area contributed by atoms with Gasteiger partial charge in [-0.25, -0.2) is 4.79 Å². The van der Waals surface area contributed by atoms with Gasteiger partial charge in [-0.1, -0.05) is 51.3 Å². The Morgan fingerprint density at radius 3 is 2.59 bits per heavy atom. The van der Waals surface area contributed by atoms with Crippen molar-refractivity contribution in [2.24, 2.45) is 5.92 Å². The Balaban J connectivity index is 2.42. The van der Waals surface area contributed by atoms with Crippen LogP contribution in [0.4, 0.5) is 0 Å². The van der Waals surface area contributed by atoms with Crippen LogP contribution in [0, 0.1) is 5.92 Å². The summed E-state index contributed by atoms with van der Waals surface area (Å²) >= 11 is 0. The number of unbranched alkanes of at least 4 members (excludes halogenated alkanes) is 1. The molecule has 0 aliphatic heterocycles. The number of aryl methyl sites for hydroxylation is 1. The van der Waals surface area contributed by atoms with Crippen LogP contribution in [0.25, 0.3) is 0 Å². The van der Waals surface area contributed by atoms with Gasteiger partial charge in [0.25, 0.3) is 0 Å². The summed E-state index contributed by atoms with van der Waals surface area (Å²) < 4.78 is 0. The van der Waals surface area contributed by atoms with Gasteiger partial charge in [0.15, 0.2) is 0 Å². The largest absolute Gasteiger partial charge is 0.478 e. The molecule has 0 heterocycles. The predicted molar refractivity (Wildman–Crippen MR) is 88.0 cm³/mol. The summed E-state index contributed by atoms with van der Waals surface area (Å²) in [4.78, 5) is 23.1. The fourth-order valence-corrected chi connectivity index (χ4v) is 2.49. The summed E-state index contributed by atoms with van der Waals surface area (Å²) in [6.45, 7) is 5.04. The monoisotopic (exact) mass is 305 g/mol. The van der Waals surface area contributed by atoms with Gasteiger partial charge in [-0.05, 0) is 30.4 Å². The van der Waals surface area contributed by atoms with Gasteiger partial charge in [-0.15, -0.1) is 0 Å². The van der Waals surface area contributed by atoms with Crippen molar-refractivity contribution < 1.29 is 14.7 Å². The minimum absolute atomic E-state index is 0.00450. The summed E-state index contributed by atoms with van der Waals surface area (Å²) in [5.41, 5.74) is 0.993. The molecule has 1 atom stereocenters. The van der Waals surface area contributed by atoms with Crippen LogP contribution in [0.5, 0.6) is 0 Å². The van der Waals surface area contributed by atoms with Crippen LogP contribution in [0.3, 0.4) is 0 Å². The summed E-state index contributed by atoms with van der Waals surface area (Å²) in [5.74, 6) is -0.410. The smallest absolute Gasteiger partial charge is 0.335 e. The highest BCUT2D eigenvalue weighted by atomic mass is 16.4. The van der Waals surface area contributed by atoms with Crippen molar-refractivity contribution in [3.63, 3.8) is 0 Å². The van der Waals surface area contributed by atoms with E-state index >= 15 is 0 Å². The number of hydrogen-bond acceptors (Lipinski definition) is 2. The number of nitrogens with one attached hydrogen (secondary N) is 1. The van der Waals surface area contributed by atoms with Crippen molar-refractivity contribution in [3.05, 3.63) is 35.4 Å². The molecule has 0 saturated heterocycles. The quantitative estimate of drug-likeness (QED) is 0.693. The SMILES string of the molecule is CCCCC(CC)CNC(=O)CCc1ccccc1C(=O)O. The van der Waals surface area contributed by atoms with Gasteiger partial charge in [0.05, 0.1) is 5.56 Å². The average Bonchev–Trinajstić information content (AvgIpc) is 2.53. The standard InChI is InChI=1S/C18H27NO3/c1-3-5-8-14(4-2)13-19-17(20)12-11-15-9-6-7-10-16(15)18(21)22/h6-7,9-10,14H,3-5,8,11-13H2,1-2H3,(H,19,20)(H,21,22). The van der Waals surface area contributed by atoms with Crippen molar-refractivity contribution in [2.75, 3.05) is 6.54 Å². The maximum absolute atomic E-state index is 11.9. The van der Waals surface area contributed by atoms with Gasteiger partial charge in [0.1, 0.15) is 0 Å². The molecule has 22 heavy (non-hydrogen) atoms. The van der Waals surface area contributed by atoms with E-state index in [4.69, 9.17) is 5.11 Å². The van der Waals surface area contributed by atoms with Gasteiger partial charge in [0, 0.05) is 13.0 Å². The molecule has 0 saturated carbocycles. The van der Waals surface area contributed by atoms with Crippen LogP contribution in [-0.2, 0) is 11.2 Å². The van der Waals surface area contributed by atoms with Crippen molar-refractivity contribution in [3.8, 4) is 0 Å². The van der Waals surface area contributed by atoms with E-state index in [9.17, 15) is 9.59 Å². The highest BCUT2D eigenvalue weighted by molar-refractivity contribution is 5.89. The van der Waals surface area contributed by atoms with E-state index in [2.05, 4.69) is 19.2 Å². The maximum Gasteiger partial charge on any atom is 0.335 e. The zero-order chi connectivity index (χ0) is 16.4. The summed E-state index contributed by atoms with van der Waals surface area (Å²) in [6, 6.07) is 6.85. The fourth-order valence-electron chi connectivity index (χ4n) is 2.49. The number of carboxylic acids is 1. The molecule has 1 unspecified atom stereocenters. The number of carbonyl (C=O) groups is 2. The van der Waals surface area contributed by atoms with E-state index in [1.807, 2.05) is 0 Å². The molecule has 1 aromatic carbocycles. The van der Waals surface area contributed by atoms with Gasteiger partial charge >= 0.3 is 5.97 Å². The lowest BCUT2D eigenvalue weighted by Gasteiger charge is -2.15. The van der Waals surface area contributed by atoms with Gasteiger partial charge < -0.3 is 10.4 Å². The molecule has 1 amide bonds. The molecule has 0 bridgehead atoms. The molecule has 122 valence electrons. The van der Waals surface area contributed by atoms with Crippen molar-refractivity contribution in [1.82, 2.24) is 5.32 Å². The first-order valence-corrected chi connectivity index (χ1v) is 8.16. The van der Waals surface area contributed by atoms with Crippen LogP contribution in [-0.4, -0.2) is 23.5 Å². The second-order valence-electron chi connectivity index (χ2n) is 5.68. The van der Waals surface area contributed by atoms with Crippen LogP contribution >= 0.6 is 0 Å². The van der Waals surface area contributed by atoms with Crippen molar-refractivity contribution >= 4 is 11.9 Å². The highest BCUT2D eigenvalue weighted by Crippen LogP contribution is 2.13. The fraction of sp³-hybridized carbons (Fsp3) is 0.556. The Labute approximate surface area is 132 Å². The third-order valence-electron chi connectivity index (χ3n) is 4.00. The number of carboxylic acid groups (broad SMARTS) is 1. The highest BCUT2D eigenvalue weighted by Gasteiger charge is 2.12. The summed E-state index contributed by atoms with van der Waals surface area (Å²) in [5, 5.41) is 12.1. The van der Waals surface area contributed by atoms with Gasteiger partial charge in [0.2, 0.25) is 5.91 Å². The molecule has 0 fully saturated rings. The Bertz CT molecular complexity index is 485. The van der Waals surface area contributed by atoms with Crippen LogP contribution in [0.2, 0.25) is 0 Å². The predicted octanol–water partition coefficient (Wildman–Crippen LogP) is 3.65. The molecule has 1 rings (SSSR count). The molecular weight excluding hydrogens is 278 g/mol. The van der Waals surface area contributed by atoms with E-state index in [0.29, 0.717) is 24.3 Å². The topological polar surface area (TPSA) is 66.4 Å². The molecular formula is C18H27NO3. The minimum Gasteiger partial charge on any atom is -0.478 e. The Morgan fingerprint density at radius 2 is 1.95 bits per heavy atom. The molecule has 0 spiro atoms. The van der Waals surface area contributed by atoms with Crippen LogP contribution in [0.1, 0.15) is 61.9 Å². The van der Waals surface area contributed by atoms with E-state index in [1.54, 1.807) is 24.3 Å². The number of aromatic carboxylic acids is 1. The molecule has 0 aromatic heterocycles. The third-order valence-corrected chi connectivity index (χ3v) is 4.00. The lowest BCUT2D eigenvalue weighted by molar-refractivity contribution is -0.121. The lowest BCUT2D eigenvalue weighted by atomic mass is 9.99. The molecule has 4 nitrogen and oxygen atoms in total. The van der Waals surface area contributed by atoms with E-state index < -0.39 is 5.97 Å². The normalized spacial score (nSPS) is 11.9. The molecule has 2 N–H and O–H groups in total. The Morgan fingerprint density at radius 1 is 1.23 bits per heavy atom. The molecule has 0 aliphatic carbocycles. The zero-order valence-corrected chi connectivity index (χ0v) is 13.6. The number of carbonyl (C=O) groups excluding carboxylic acids is 1. The molecule has 1 aromatic rings. The second kappa shape index (κ2) is 9.98. The number of amides is 1. The molecule has 4 heteroatoms. The Hall–Kier alpha value is -1.84.